The summed E-state index contributed by atoms with van der Waals surface area (Å²) in [6.45, 7) is 2.39. The van der Waals surface area contributed by atoms with Crippen LogP contribution in [0.1, 0.15) is 17.5 Å². The quantitative estimate of drug-likeness (QED) is 0.493. The number of rotatable bonds is 10. The molecule has 10 heteroatoms. The van der Waals surface area contributed by atoms with Crippen LogP contribution in [0.4, 0.5) is 0 Å². The lowest BCUT2D eigenvalue weighted by Crippen LogP contribution is -2.35. The van der Waals surface area contributed by atoms with Gasteiger partial charge in [-0.3, -0.25) is 9.79 Å². The van der Waals surface area contributed by atoms with E-state index < -0.39 is 9.84 Å². The number of likely N-dealkylation sites (N-methyl/N-ethyl adjacent to an activating group) is 1. The SMILES string of the molecule is CN(CCNCS(=O)(=O)c1cccc(Cl)c1Cl)C(=O)CCc1ccc(C2=NCCN2)cc1. The topological polar surface area (TPSA) is 90.9 Å². The van der Waals surface area contributed by atoms with E-state index in [2.05, 4.69) is 15.6 Å². The van der Waals surface area contributed by atoms with Gasteiger partial charge in [0.1, 0.15) is 11.7 Å². The zero-order chi connectivity index (χ0) is 23.1. The minimum atomic E-state index is -3.63. The maximum atomic E-state index is 12.5. The van der Waals surface area contributed by atoms with Crippen molar-refractivity contribution in [3.05, 3.63) is 63.6 Å². The Morgan fingerprint density at radius 3 is 2.62 bits per heavy atom. The number of carbonyl (C=O) groups is 1. The summed E-state index contributed by atoms with van der Waals surface area (Å²) < 4.78 is 24.9. The number of amides is 1. The van der Waals surface area contributed by atoms with Crippen LogP contribution in [0, 0.1) is 0 Å². The molecule has 0 fully saturated rings. The Labute approximate surface area is 198 Å². The summed E-state index contributed by atoms with van der Waals surface area (Å²) in [5.74, 6) is 0.625. The summed E-state index contributed by atoms with van der Waals surface area (Å²) in [7, 11) is -1.92. The monoisotopic (exact) mass is 496 g/mol. The van der Waals surface area contributed by atoms with Gasteiger partial charge in [-0.25, -0.2) is 8.42 Å². The molecule has 0 spiro atoms. The standard InChI is InChI=1S/C22H26Cl2N4O3S/c1-28(14-13-25-15-32(30,31)19-4-2-3-18(23)21(19)24)20(29)10-7-16-5-8-17(9-6-16)22-26-11-12-27-22/h2-6,8-9,25H,7,10-15H2,1H3,(H,26,27). The van der Waals surface area contributed by atoms with Crippen molar-refractivity contribution in [2.75, 3.05) is 39.1 Å². The number of halogens is 2. The van der Waals surface area contributed by atoms with Gasteiger partial charge in [0.25, 0.3) is 0 Å². The second kappa shape index (κ2) is 11.1. The second-order valence-corrected chi connectivity index (χ2v) is 10.2. The highest BCUT2D eigenvalue weighted by Gasteiger charge is 2.19. The van der Waals surface area contributed by atoms with E-state index in [4.69, 9.17) is 23.2 Å². The van der Waals surface area contributed by atoms with E-state index in [1.54, 1.807) is 18.0 Å². The van der Waals surface area contributed by atoms with Gasteiger partial charge in [0.2, 0.25) is 5.91 Å². The van der Waals surface area contributed by atoms with E-state index in [0.717, 1.165) is 30.1 Å². The third kappa shape index (κ3) is 6.45. The third-order valence-corrected chi connectivity index (χ3v) is 7.65. The zero-order valence-corrected chi connectivity index (χ0v) is 20.1. The van der Waals surface area contributed by atoms with Gasteiger partial charge in [0.15, 0.2) is 9.84 Å². The largest absolute Gasteiger partial charge is 0.368 e. The van der Waals surface area contributed by atoms with Crippen LogP contribution in [-0.2, 0) is 21.1 Å². The summed E-state index contributed by atoms with van der Waals surface area (Å²) in [5.41, 5.74) is 2.13. The molecule has 0 aromatic heterocycles. The average Bonchev–Trinajstić information content (AvgIpc) is 3.32. The fourth-order valence-electron chi connectivity index (χ4n) is 3.24. The number of carbonyl (C=O) groups excluding carboxylic acids is 1. The van der Waals surface area contributed by atoms with Crippen LogP contribution in [0.25, 0.3) is 0 Å². The van der Waals surface area contributed by atoms with Gasteiger partial charge in [-0.2, -0.15) is 0 Å². The first-order valence-corrected chi connectivity index (χ1v) is 12.7. The number of hydrogen-bond donors (Lipinski definition) is 2. The molecule has 3 rings (SSSR count). The number of aliphatic imine (C=N–C) groups is 1. The molecule has 1 heterocycles. The van der Waals surface area contributed by atoms with Crippen molar-refractivity contribution in [2.24, 2.45) is 4.99 Å². The number of nitrogens with one attached hydrogen (secondary N) is 2. The molecule has 0 bridgehead atoms. The second-order valence-electron chi connectivity index (χ2n) is 7.48. The first-order chi connectivity index (χ1) is 15.3. The van der Waals surface area contributed by atoms with Gasteiger partial charge in [-0.15, -0.1) is 0 Å². The summed E-state index contributed by atoms with van der Waals surface area (Å²) in [6, 6.07) is 12.5. The van der Waals surface area contributed by atoms with Crippen LogP contribution in [0.2, 0.25) is 10.0 Å². The molecule has 0 unspecified atom stereocenters. The molecule has 1 aliphatic heterocycles. The maximum absolute atomic E-state index is 12.5. The lowest BCUT2D eigenvalue weighted by Gasteiger charge is -2.18. The van der Waals surface area contributed by atoms with Crippen molar-refractivity contribution in [1.29, 1.82) is 0 Å². The number of amidine groups is 1. The third-order valence-electron chi connectivity index (χ3n) is 5.12. The van der Waals surface area contributed by atoms with Crippen molar-refractivity contribution in [3.8, 4) is 0 Å². The number of sulfone groups is 1. The highest BCUT2D eigenvalue weighted by atomic mass is 35.5. The molecule has 2 N–H and O–H groups in total. The number of nitrogens with zero attached hydrogens (tertiary/aromatic N) is 2. The van der Waals surface area contributed by atoms with Crippen molar-refractivity contribution < 1.29 is 13.2 Å². The van der Waals surface area contributed by atoms with Crippen molar-refractivity contribution in [1.82, 2.24) is 15.5 Å². The molecule has 0 saturated carbocycles. The molecule has 1 aliphatic rings. The molecule has 0 radical (unpaired) electrons. The molecule has 32 heavy (non-hydrogen) atoms. The van der Waals surface area contributed by atoms with Gasteiger partial charge in [-0.1, -0.05) is 53.5 Å². The van der Waals surface area contributed by atoms with Crippen LogP contribution >= 0.6 is 23.2 Å². The van der Waals surface area contributed by atoms with Gasteiger partial charge in [0.05, 0.1) is 21.5 Å². The minimum Gasteiger partial charge on any atom is -0.368 e. The summed E-state index contributed by atoms with van der Waals surface area (Å²) >= 11 is 11.9. The van der Waals surface area contributed by atoms with Crippen LogP contribution in [-0.4, -0.2) is 64.2 Å². The normalized spacial score (nSPS) is 13.5. The fourth-order valence-corrected chi connectivity index (χ4v) is 5.19. The van der Waals surface area contributed by atoms with Crippen LogP contribution in [0.5, 0.6) is 0 Å². The first kappa shape index (κ1) is 24.5. The molecule has 0 atom stereocenters. The Balaban J connectivity index is 1.40. The van der Waals surface area contributed by atoms with E-state index in [-0.39, 0.29) is 26.7 Å². The van der Waals surface area contributed by atoms with Gasteiger partial charge < -0.3 is 15.5 Å². The van der Waals surface area contributed by atoms with Crippen LogP contribution in [0.3, 0.4) is 0 Å². The fraction of sp³-hybridized carbons (Fsp3) is 0.364. The van der Waals surface area contributed by atoms with Crippen molar-refractivity contribution >= 4 is 44.8 Å². The lowest BCUT2D eigenvalue weighted by atomic mass is 10.1. The summed E-state index contributed by atoms with van der Waals surface area (Å²) in [4.78, 5) is 18.4. The van der Waals surface area contributed by atoms with Crippen molar-refractivity contribution in [2.45, 2.75) is 17.7 Å². The molecular weight excluding hydrogens is 471 g/mol. The van der Waals surface area contributed by atoms with E-state index in [1.165, 1.54) is 12.1 Å². The molecule has 0 saturated heterocycles. The number of hydrogen-bond acceptors (Lipinski definition) is 6. The Kier molecular flexibility index (Phi) is 8.53. The Hall–Kier alpha value is -2.13. The Morgan fingerprint density at radius 1 is 1.19 bits per heavy atom. The van der Waals surface area contributed by atoms with E-state index >= 15 is 0 Å². The predicted molar refractivity (Wildman–Crippen MR) is 128 cm³/mol. The predicted octanol–water partition coefficient (Wildman–Crippen LogP) is 2.76. The Bertz CT molecular complexity index is 1090. The number of aryl methyl sites for hydroxylation is 1. The van der Waals surface area contributed by atoms with Gasteiger partial charge in [-0.05, 0) is 24.1 Å². The molecule has 1 amide bonds. The molecule has 7 nitrogen and oxygen atoms in total. The number of benzene rings is 2. The highest BCUT2D eigenvalue weighted by molar-refractivity contribution is 7.91. The summed E-state index contributed by atoms with van der Waals surface area (Å²) in [5, 5.41) is 6.31. The van der Waals surface area contributed by atoms with Crippen molar-refractivity contribution in [3.63, 3.8) is 0 Å². The van der Waals surface area contributed by atoms with Crippen LogP contribution < -0.4 is 10.6 Å². The van der Waals surface area contributed by atoms with E-state index in [9.17, 15) is 13.2 Å². The molecular formula is C22H26Cl2N4O3S. The molecule has 2 aromatic rings. The van der Waals surface area contributed by atoms with Crippen LogP contribution in [0.15, 0.2) is 52.4 Å². The smallest absolute Gasteiger partial charge is 0.222 e. The Morgan fingerprint density at radius 2 is 1.94 bits per heavy atom. The maximum Gasteiger partial charge on any atom is 0.222 e. The minimum absolute atomic E-state index is 0.00143. The average molecular weight is 497 g/mol. The summed E-state index contributed by atoms with van der Waals surface area (Å²) in [6.07, 6.45) is 1.02. The van der Waals surface area contributed by atoms with Gasteiger partial charge >= 0.3 is 0 Å². The van der Waals surface area contributed by atoms with E-state index in [0.29, 0.717) is 25.9 Å². The van der Waals surface area contributed by atoms with Gasteiger partial charge in [0, 0.05) is 38.7 Å². The molecule has 172 valence electrons. The molecule has 2 aromatic carbocycles. The first-order valence-electron chi connectivity index (χ1n) is 10.3. The zero-order valence-electron chi connectivity index (χ0n) is 17.8. The molecule has 0 aliphatic carbocycles. The lowest BCUT2D eigenvalue weighted by molar-refractivity contribution is -0.129. The highest BCUT2D eigenvalue weighted by Crippen LogP contribution is 2.29. The van der Waals surface area contributed by atoms with E-state index in [1.807, 2.05) is 24.3 Å².